The van der Waals surface area contributed by atoms with E-state index in [2.05, 4.69) is 15.3 Å². The number of aromatic nitrogens is 3. The van der Waals surface area contributed by atoms with Gasteiger partial charge < -0.3 is 20.1 Å². The first-order valence-corrected chi connectivity index (χ1v) is 16.1. The predicted octanol–water partition coefficient (Wildman–Crippen LogP) is 6.89. The fourth-order valence-electron chi connectivity index (χ4n) is 5.83. The number of nitrogens with one attached hydrogen (secondary N) is 1. The Morgan fingerprint density at radius 3 is 2.47 bits per heavy atom. The third-order valence-electron chi connectivity index (χ3n) is 7.65. The van der Waals surface area contributed by atoms with Crippen LogP contribution in [-0.2, 0) is 10.0 Å². The lowest BCUT2D eigenvalue weighted by atomic mass is 9.88. The third-order valence-corrected chi connectivity index (χ3v) is 9.50. The molecule has 43 heavy (non-hydrogen) atoms. The van der Waals surface area contributed by atoms with Gasteiger partial charge in [-0.15, -0.1) is 0 Å². The molecule has 0 saturated heterocycles. The minimum absolute atomic E-state index is 0.0526. The fourth-order valence-corrected chi connectivity index (χ4v) is 7.38. The van der Waals surface area contributed by atoms with Crippen LogP contribution in [0.15, 0.2) is 65.8 Å². The smallest absolute Gasteiger partial charge is 0.407 e. The first kappa shape index (κ1) is 30.6. The van der Waals surface area contributed by atoms with E-state index in [0.717, 1.165) is 25.7 Å². The Labute approximate surface area is 256 Å². The number of nitrogens with zero attached hydrogens (tertiary/aromatic N) is 4. The second-order valence-corrected chi connectivity index (χ2v) is 13.9. The molecule has 0 radical (unpaired) electrons. The van der Waals surface area contributed by atoms with Gasteiger partial charge in [-0.3, -0.25) is 0 Å². The van der Waals surface area contributed by atoms with Crippen LogP contribution in [0.2, 0.25) is 5.15 Å². The van der Waals surface area contributed by atoms with Crippen molar-refractivity contribution in [3.63, 3.8) is 0 Å². The molecule has 12 heteroatoms. The highest BCUT2D eigenvalue weighted by Gasteiger charge is 2.35. The number of carbonyl (C=O) groups is 1. The van der Waals surface area contributed by atoms with Crippen molar-refractivity contribution in [2.75, 3.05) is 11.9 Å². The molecule has 1 amide bonds. The summed E-state index contributed by atoms with van der Waals surface area (Å²) in [5, 5.41) is 14.1. The van der Waals surface area contributed by atoms with Crippen LogP contribution < -0.4 is 10.1 Å². The molecule has 0 aliphatic heterocycles. The Hall–Kier alpha value is -3.83. The SMILES string of the molecule is CCOc1cnc2c(c1)c(-c1cc(Cl)nc(N[C@H]3CC[C@H](N(C(=O)O)C(C)(C)C)CC3)c1)cn2S(=O)(=O)c1ccccc1. The summed E-state index contributed by atoms with van der Waals surface area (Å²) in [4.78, 5) is 22.6. The highest BCUT2D eigenvalue weighted by Crippen LogP contribution is 2.37. The Bertz CT molecular complexity index is 1730. The molecule has 3 heterocycles. The van der Waals surface area contributed by atoms with Gasteiger partial charge in [0, 0.05) is 34.8 Å². The molecule has 1 fully saturated rings. The van der Waals surface area contributed by atoms with Crippen molar-refractivity contribution in [2.45, 2.75) is 75.9 Å². The highest BCUT2D eigenvalue weighted by molar-refractivity contribution is 7.90. The molecule has 3 aromatic heterocycles. The standard InChI is InChI=1S/C31H36ClN5O5S/c1-5-42-23-17-25-26(19-36(29(25)33-18-23)43(40,41)24-9-7-6-8-10-24)20-15-27(32)35-28(16-20)34-21-11-13-22(14-12-21)37(30(38)39)31(2,3)4/h6-10,15-19,21-22H,5,11-14H2,1-4H3,(H,34,35)(H,38,39)/t21-,22-. The first-order valence-electron chi connectivity index (χ1n) is 14.3. The van der Waals surface area contributed by atoms with Crippen LogP contribution in [0.3, 0.4) is 0 Å². The Morgan fingerprint density at radius 1 is 1.14 bits per heavy atom. The summed E-state index contributed by atoms with van der Waals surface area (Å²) in [7, 11) is -3.95. The van der Waals surface area contributed by atoms with E-state index in [0.29, 0.717) is 34.7 Å². The molecule has 228 valence electrons. The molecule has 5 rings (SSSR count). The predicted molar refractivity (Wildman–Crippen MR) is 167 cm³/mol. The van der Waals surface area contributed by atoms with Gasteiger partial charge in [-0.25, -0.2) is 27.2 Å². The molecule has 0 atom stereocenters. The minimum atomic E-state index is -3.95. The Balaban J connectivity index is 1.48. The number of carboxylic acid groups (broad SMARTS) is 1. The molecule has 1 aliphatic rings. The van der Waals surface area contributed by atoms with Crippen molar-refractivity contribution < 1.29 is 23.1 Å². The number of hydrogen-bond donors (Lipinski definition) is 2. The van der Waals surface area contributed by atoms with Crippen LogP contribution in [0.25, 0.3) is 22.2 Å². The molecule has 0 unspecified atom stereocenters. The number of hydrogen-bond acceptors (Lipinski definition) is 7. The van der Waals surface area contributed by atoms with Gasteiger partial charge in [0.1, 0.15) is 16.7 Å². The van der Waals surface area contributed by atoms with Gasteiger partial charge in [0.25, 0.3) is 10.0 Å². The Morgan fingerprint density at radius 2 is 1.84 bits per heavy atom. The monoisotopic (exact) mass is 625 g/mol. The molecular weight excluding hydrogens is 590 g/mol. The van der Waals surface area contributed by atoms with E-state index in [4.69, 9.17) is 16.3 Å². The molecule has 1 aliphatic carbocycles. The van der Waals surface area contributed by atoms with Crippen molar-refractivity contribution in [3.05, 3.63) is 66.1 Å². The number of amides is 1. The van der Waals surface area contributed by atoms with Crippen LogP contribution in [0.1, 0.15) is 53.4 Å². The summed E-state index contributed by atoms with van der Waals surface area (Å²) in [5.41, 5.74) is 1.07. The van der Waals surface area contributed by atoms with E-state index in [9.17, 15) is 18.3 Å². The molecule has 2 N–H and O–H groups in total. The lowest BCUT2D eigenvalue weighted by Gasteiger charge is -2.42. The average molecular weight is 626 g/mol. The number of halogens is 1. The van der Waals surface area contributed by atoms with Crippen molar-refractivity contribution in [1.29, 1.82) is 0 Å². The fraction of sp³-hybridized carbons (Fsp3) is 0.387. The quantitative estimate of drug-likeness (QED) is 0.203. The van der Waals surface area contributed by atoms with Crippen LogP contribution in [0.5, 0.6) is 5.75 Å². The summed E-state index contributed by atoms with van der Waals surface area (Å²) in [5.74, 6) is 1.07. The summed E-state index contributed by atoms with van der Waals surface area (Å²) in [6, 6.07) is 13.6. The lowest BCUT2D eigenvalue weighted by Crippen LogP contribution is -2.52. The summed E-state index contributed by atoms with van der Waals surface area (Å²) in [6.45, 7) is 8.04. The second kappa shape index (κ2) is 12.0. The summed E-state index contributed by atoms with van der Waals surface area (Å²) >= 11 is 6.50. The van der Waals surface area contributed by atoms with Gasteiger partial charge in [-0.1, -0.05) is 29.8 Å². The van der Waals surface area contributed by atoms with E-state index >= 15 is 0 Å². The molecule has 0 spiro atoms. The third kappa shape index (κ3) is 6.42. The highest BCUT2D eigenvalue weighted by atomic mass is 35.5. The molecule has 0 bridgehead atoms. The van der Waals surface area contributed by atoms with Crippen molar-refractivity contribution >= 4 is 44.6 Å². The van der Waals surface area contributed by atoms with E-state index in [1.807, 2.05) is 33.8 Å². The van der Waals surface area contributed by atoms with E-state index < -0.39 is 21.7 Å². The number of fused-ring (bicyclic) bond motifs is 1. The maximum absolute atomic E-state index is 13.7. The lowest BCUT2D eigenvalue weighted by molar-refractivity contribution is 0.0556. The van der Waals surface area contributed by atoms with Gasteiger partial charge in [-0.05, 0) is 89.3 Å². The van der Waals surface area contributed by atoms with Gasteiger partial charge in [0.15, 0.2) is 5.65 Å². The first-order chi connectivity index (χ1) is 20.4. The normalized spacial score (nSPS) is 17.5. The summed E-state index contributed by atoms with van der Waals surface area (Å²) < 4.78 is 34.2. The molecule has 1 aromatic carbocycles. The summed E-state index contributed by atoms with van der Waals surface area (Å²) in [6.07, 6.45) is 5.16. The number of benzene rings is 1. The Kier molecular flexibility index (Phi) is 8.58. The maximum Gasteiger partial charge on any atom is 0.407 e. The van der Waals surface area contributed by atoms with Crippen molar-refractivity contribution in [1.82, 2.24) is 18.8 Å². The molecule has 10 nitrogen and oxygen atoms in total. The van der Waals surface area contributed by atoms with Gasteiger partial charge in [0.05, 0.1) is 17.7 Å². The van der Waals surface area contributed by atoms with Gasteiger partial charge >= 0.3 is 6.09 Å². The van der Waals surface area contributed by atoms with Gasteiger partial charge in [-0.2, -0.15) is 0 Å². The molecular formula is C31H36ClN5O5S. The zero-order valence-corrected chi connectivity index (χ0v) is 26.2. The zero-order valence-electron chi connectivity index (χ0n) is 24.6. The molecule has 1 saturated carbocycles. The number of rotatable bonds is 8. The van der Waals surface area contributed by atoms with E-state index in [1.165, 1.54) is 10.2 Å². The van der Waals surface area contributed by atoms with E-state index in [1.54, 1.807) is 53.6 Å². The average Bonchev–Trinajstić information content (AvgIpc) is 3.33. The van der Waals surface area contributed by atoms with Crippen molar-refractivity contribution in [3.8, 4) is 16.9 Å². The number of ether oxygens (including phenoxy) is 1. The second-order valence-electron chi connectivity index (χ2n) is 11.7. The number of pyridine rings is 2. The van der Waals surface area contributed by atoms with Crippen LogP contribution in [0.4, 0.5) is 10.6 Å². The zero-order chi connectivity index (χ0) is 30.9. The van der Waals surface area contributed by atoms with Crippen LogP contribution in [0, 0.1) is 0 Å². The topological polar surface area (TPSA) is 127 Å². The number of anilines is 1. The van der Waals surface area contributed by atoms with Gasteiger partial charge in [0.2, 0.25) is 0 Å². The van der Waals surface area contributed by atoms with Crippen LogP contribution in [-0.4, -0.2) is 62.7 Å². The van der Waals surface area contributed by atoms with E-state index in [-0.39, 0.29) is 27.8 Å². The van der Waals surface area contributed by atoms with Crippen LogP contribution >= 0.6 is 11.6 Å². The minimum Gasteiger partial charge on any atom is -0.492 e. The molecule has 4 aromatic rings. The van der Waals surface area contributed by atoms with Crippen molar-refractivity contribution in [2.24, 2.45) is 0 Å². The maximum atomic E-state index is 13.7. The largest absolute Gasteiger partial charge is 0.492 e.